The first kappa shape index (κ1) is 14.7. The minimum absolute atomic E-state index is 0.235. The van der Waals surface area contributed by atoms with E-state index in [2.05, 4.69) is 22.1 Å². The minimum Gasteiger partial charge on any atom is -0.322 e. The first-order valence-electron chi connectivity index (χ1n) is 6.32. The number of rotatable bonds is 2. The normalized spacial score (nSPS) is 9.67. The minimum atomic E-state index is -0.368. The third-order valence-electron chi connectivity index (χ3n) is 2.85. The van der Waals surface area contributed by atoms with E-state index in [1.165, 1.54) is 12.3 Å². The standard InChI is InChI=1S/C16H14FN3O/c1-11-14(17)5-2-6-15(11)20-16(21)13-8-12(4-3-7-18)9-19-10-13/h2,5-6,8-10H,7,18H2,1H3,(H,20,21). The molecule has 0 unspecified atom stereocenters. The van der Waals surface area contributed by atoms with E-state index in [4.69, 9.17) is 5.73 Å². The van der Waals surface area contributed by atoms with Crippen LogP contribution in [0.4, 0.5) is 10.1 Å². The number of pyridine rings is 1. The molecule has 21 heavy (non-hydrogen) atoms. The van der Waals surface area contributed by atoms with Gasteiger partial charge in [-0.1, -0.05) is 17.9 Å². The van der Waals surface area contributed by atoms with Crippen molar-refractivity contribution in [1.29, 1.82) is 0 Å². The van der Waals surface area contributed by atoms with Crippen molar-refractivity contribution in [1.82, 2.24) is 4.98 Å². The fourth-order valence-electron chi connectivity index (χ4n) is 1.72. The highest BCUT2D eigenvalue weighted by atomic mass is 19.1. The average Bonchev–Trinajstić information content (AvgIpc) is 2.50. The number of aromatic nitrogens is 1. The fourth-order valence-corrected chi connectivity index (χ4v) is 1.72. The molecule has 0 fully saturated rings. The van der Waals surface area contributed by atoms with Gasteiger partial charge in [0.1, 0.15) is 5.82 Å². The van der Waals surface area contributed by atoms with Crippen LogP contribution in [0, 0.1) is 24.6 Å². The summed E-state index contributed by atoms with van der Waals surface area (Å²) >= 11 is 0. The van der Waals surface area contributed by atoms with Gasteiger partial charge in [0.2, 0.25) is 0 Å². The molecule has 0 saturated carbocycles. The van der Waals surface area contributed by atoms with Gasteiger partial charge in [-0.05, 0) is 25.1 Å². The number of nitrogens with zero attached hydrogens (tertiary/aromatic N) is 1. The van der Waals surface area contributed by atoms with Crippen molar-refractivity contribution in [2.75, 3.05) is 11.9 Å². The van der Waals surface area contributed by atoms with Crippen molar-refractivity contribution in [3.8, 4) is 11.8 Å². The molecular formula is C16H14FN3O. The molecule has 106 valence electrons. The quantitative estimate of drug-likeness (QED) is 0.829. The molecule has 0 radical (unpaired) electrons. The largest absolute Gasteiger partial charge is 0.322 e. The molecule has 1 aromatic carbocycles. The number of nitrogens with one attached hydrogen (secondary N) is 1. The highest BCUT2D eigenvalue weighted by Crippen LogP contribution is 2.18. The van der Waals surface area contributed by atoms with Crippen LogP contribution in [0.1, 0.15) is 21.5 Å². The molecule has 0 spiro atoms. The van der Waals surface area contributed by atoms with Crippen LogP contribution in [0.15, 0.2) is 36.7 Å². The van der Waals surface area contributed by atoms with Gasteiger partial charge in [-0.3, -0.25) is 9.78 Å². The third-order valence-corrected chi connectivity index (χ3v) is 2.85. The van der Waals surface area contributed by atoms with Gasteiger partial charge in [0.05, 0.1) is 12.1 Å². The molecular weight excluding hydrogens is 269 g/mol. The van der Waals surface area contributed by atoms with Crippen molar-refractivity contribution in [3.63, 3.8) is 0 Å². The van der Waals surface area contributed by atoms with Crippen LogP contribution in [0.25, 0.3) is 0 Å². The van der Waals surface area contributed by atoms with Crippen LogP contribution in [-0.4, -0.2) is 17.4 Å². The molecule has 3 N–H and O–H groups in total. The van der Waals surface area contributed by atoms with E-state index < -0.39 is 0 Å². The smallest absolute Gasteiger partial charge is 0.257 e. The van der Waals surface area contributed by atoms with Gasteiger partial charge in [-0.15, -0.1) is 0 Å². The van der Waals surface area contributed by atoms with Gasteiger partial charge in [0.25, 0.3) is 5.91 Å². The van der Waals surface area contributed by atoms with Crippen molar-refractivity contribution < 1.29 is 9.18 Å². The van der Waals surface area contributed by atoms with E-state index in [0.29, 0.717) is 22.4 Å². The molecule has 0 bridgehead atoms. The monoisotopic (exact) mass is 283 g/mol. The molecule has 0 aliphatic rings. The molecule has 2 rings (SSSR count). The number of hydrogen-bond acceptors (Lipinski definition) is 3. The summed E-state index contributed by atoms with van der Waals surface area (Å²) in [6.45, 7) is 1.84. The fraction of sp³-hybridized carbons (Fsp3) is 0.125. The Bertz CT molecular complexity index is 732. The number of amides is 1. The number of carbonyl (C=O) groups is 1. The van der Waals surface area contributed by atoms with Crippen LogP contribution in [-0.2, 0) is 0 Å². The van der Waals surface area contributed by atoms with Gasteiger partial charge in [-0.25, -0.2) is 4.39 Å². The van der Waals surface area contributed by atoms with Gasteiger partial charge < -0.3 is 11.1 Å². The van der Waals surface area contributed by atoms with Crippen LogP contribution in [0.5, 0.6) is 0 Å². The lowest BCUT2D eigenvalue weighted by atomic mass is 10.1. The van der Waals surface area contributed by atoms with Gasteiger partial charge in [0.15, 0.2) is 0 Å². The Morgan fingerprint density at radius 3 is 3.00 bits per heavy atom. The van der Waals surface area contributed by atoms with Crippen LogP contribution in [0.3, 0.4) is 0 Å². The predicted octanol–water partition coefficient (Wildman–Crippen LogP) is 2.09. The molecule has 0 saturated heterocycles. The Morgan fingerprint density at radius 2 is 2.24 bits per heavy atom. The topological polar surface area (TPSA) is 68.0 Å². The third kappa shape index (κ3) is 3.65. The molecule has 5 heteroatoms. The second-order valence-corrected chi connectivity index (χ2v) is 4.33. The molecule has 1 aromatic heterocycles. The number of hydrogen-bond donors (Lipinski definition) is 2. The van der Waals surface area contributed by atoms with Crippen LogP contribution >= 0.6 is 0 Å². The van der Waals surface area contributed by atoms with Crippen LogP contribution in [0.2, 0.25) is 0 Å². The van der Waals surface area contributed by atoms with E-state index in [-0.39, 0.29) is 18.3 Å². The zero-order valence-electron chi connectivity index (χ0n) is 11.5. The molecule has 1 heterocycles. The van der Waals surface area contributed by atoms with Gasteiger partial charge >= 0.3 is 0 Å². The van der Waals surface area contributed by atoms with Crippen molar-refractivity contribution in [2.45, 2.75) is 6.92 Å². The number of carbonyl (C=O) groups excluding carboxylic acids is 1. The summed E-state index contributed by atoms with van der Waals surface area (Å²) in [5.41, 5.74) is 7.06. The first-order valence-corrected chi connectivity index (χ1v) is 6.32. The summed E-state index contributed by atoms with van der Waals surface area (Å²) in [6, 6.07) is 6.14. The molecule has 4 nitrogen and oxygen atoms in total. The lowest BCUT2D eigenvalue weighted by molar-refractivity contribution is 0.102. The Kier molecular flexibility index (Phi) is 4.64. The zero-order chi connectivity index (χ0) is 15.2. The Balaban J connectivity index is 2.22. The Labute approximate surface area is 122 Å². The van der Waals surface area contributed by atoms with Crippen molar-refractivity contribution >= 4 is 11.6 Å². The summed E-state index contributed by atoms with van der Waals surface area (Å²) < 4.78 is 13.4. The zero-order valence-corrected chi connectivity index (χ0v) is 11.5. The van der Waals surface area contributed by atoms with Gasteiger partial charge in [0, 0.05) is 29.2 Å². The average molecular weight is 283 g/mol. The second kappa shape index (κ2) is 6.64. The van der Waals surface area contributed by atoms with E-state index >= 15 is 0 Å². The number of nitrogens with two attached hydrogens (primary N) is 1. The highest BCUT2D eigenvalue weighted by Gasteiger charge is 2.10. The summed E-state index contributed by atoms with van der Waals surface area (Å²) in [4.78, 5) is 16.1. The summed E-state index contributed by atoms with van der Waals surface area (Å²) in [7, 11) is 0. The molecule has 0 aliphatic heterocycles. The van der Waals surface area contributed by atoms with Crippen LogP contribution < -0.4 is 11.1 Å². The van der Waals surface area contributed by atoms with Gasteiger partial charge in [-0.2, -0.15) is 0 Å². The van der Waals surface area contributed by atoms with E-state index in [9.17, 15) is 9.18 Å². The molecule has 0 atom stereocenters. The second-order valence-electron chi connectivity index (χ2n) is 4.33. The van der Waals surface area contributed by atoms with E-state index in [1.807, 2.05) is 0 Å². The summed E-state index contributed by atoms with van der Waals surface area (Å²) in [6.07, 6.45) is 2.98. The molecule has 2 aromatic rings. The maximum Gasteiger partial charge on any atom is 0.257 e. The summed E-state index contributed by atoms with van der Waals surface area (Å²) in [5, 5.41) is 2.66. The number of halogens is 1. The number of benzene rings is 1. The number of anilines is 1. The lowest BCUT2D eigenvalue weighted by Crippen LogP contribution is -2.13. The van der Waals surface area contributed by atoms with Crippen molar-refractivity contribution in [2.24, 2.45) is 5.73 Å². The highest BCUT2D eigenvalue weighted by molar-refractivity contribution is 6.04. The SMILES string of the molecule is Cc1c(F)cccc1NC(=O)c1cncc(C#CCN)c1. The Hall–Kier alpha value is -2.71. The van der Waals surface area contributed by atoms with E-state index in [1.54, 1.807) is 31.3 Å². The molecule has 0 aliphatic carbocycles. The summed E-state index contributed by atoms with van der Waals surface area (Å²) in [5.74, 6) is 4.76. The lowest BCUT2D eigenvalue weighted by Gasteiger charge is -2.08. The maximum atomic E-state index is 13.4. The predicted molar refractivity (Wildman–Crippen MR) is 79.3 cm³/mol. The first-order chi connectivity index (χ1) is 10.1. The van der Waals surface area contributed by atoms with E-state index in [0.717, 1.165) is 0 Å². The van der Waals surface area contributed by atoms with Crippen molar-refractivity contribution in [3.05, 3.63) is 59.2 Å². The maximum absolute atomic E-state index is 13.4. The molecule has 1 amide bonds. The Morgan fingerprint density at radius 1 is 1.43 bits per heavy atom.